The van der Waals surface area contributed by atoms with E-state index in [1.165, 1.54) is 0 Å². The van der Waals surface area contributed by atoms with Crippen LogP contribution in [0, 0.1) is 0 Å². The molecule has 2 heterocycles. The maximum absolute atomic E-state index is 5.43. The van der Waals surface area contributed by atoms with Crippen molar-refractivity contribution in [3.8, 4) is 0 Å². The van der Waals surface area contributed by atoms with Crippen LogP contribution in [0.3, 0.4) is 0 Å². The Morgan fingerprint density at radius 3 is 2.89 bits per heavy atom. The Balaban J connectivity index is 1.87. The van der Waals surface area contributed by atoms with Crippen LogP contribution in [-0.4, -0.2) is 21.8 Å². The largest absolute Gasteiger partial charge is 0.356 e. The normalized spacial score (nSPS) is 11.2. The van der Waals surface area contributed by atoms with Gasteiger partial charge >= 0.3 is 0 Å². The van der Waals surface area contributed by atoms with E-state index in [1.807, 2.05) is 24.3 Å². The molecule has 0 bridgehead atoms. The summed E-state index contributed by atoms with van der Waals surface area (Å²) in [7, 11) is 0. The molecule has 0 fully saturated rings. The third-order valence-corrected chi connectivity index (χ3v) is 2.65. The molecule has 0 aliphatic heterocycles. The number of nitrogens with two attached hydrogens (primary N) is 1. The van der Waals surface area contributed by atoms with Crippen LogP contribution < -0.4 is 5.73 Å². The Hall–Kier alpha value is -2.21. The molecule has 2 N–H and O–H groups in total. The van der Waals surface area contributed by atoms with E-state index in [4.69, 9.17) is 14.8 Å². The third kappa shape index (κ3) is 1.98. The molecule has 92 valence electrons. The molecule has 3 rings (SSSR count). The van der Waals surface area contributed by atoms with Gasteiger partial charge in [-0.15, -0.1) is 0 Å². The van der Waals surface area contributed by atoms with Gasteiger partial charge in [0, 0.05) is 11.8 Å². The van der Waals surface area contributed by atoms with E-state index in [1.54, 1.807) is 0 Å². The summed E-state index contributed by atoms with van der Waals surface area (Å²) >= 11 is 0. The van der Waals surface area contributed by atoms with Crippen LogP contribution in [0.25, 0.3) is 11.0 Å². The first-order chi connectivity index (χ1) is 8.86. The van der Waals surface area contributed by atoms with Gasteiger partial charge in [0.15, 0.2) is 11.4 Å². The molecule has 2 aromatic heterocycles. The molecular weight excluding hydrogens is 232 g/mol. The van der Waals surface area contributed by atoms with Gasteiger partial charge in [-0.2, -0.15) is 4.98 Å². The summed E-state index contributed by atoms with van der Waals surface area (Å²) in [4.78, 5) is 4.24. The first kappa shape index (κ1) is 10.9. The average Bonchev–Trinajstić information content (AvgIpc) is 2.99. The quantitative estimate of drug-likeness (QED) is 0.743. The lowest BCUT2D eigenvalue weighted by Crippen LogP contribution is -2.04. The Kier molecular flexibility index (Phi) is 2.77. The standard InChI is InChI=1S/C12H12N4O2/c13-6-5-11-14-12(18-16-11)7-9-8-3-1-2-4-10(8)17-15-9/h1-4H,5-7,13H2. The van der Waals surface area contributed by atoms with E-state index in [9.17, 15) is 0 Å². The van der Waals surface area contributed by atoms with E-state index >= 15 is 0 Å². The van der Waals surface area contributed by atoms with Crippen LogP contribution in [0.15, 0.2) is 33.3 Å². The Morgan fingerprint density at radius 2 is 2.00 bits per heavy atom. The molecule has 0 unspecified atom stereocenters. The number of nitrogens with zero attached hydrogens (tertiary/aromatic N) is 3. The summed E-state index contributed by atoms with van der Waals surface area (Å²) in [6.45, 7) is 0.506. The van der Waals surface area contributed by atoms with Gasteiger partial charge in [0.1, 0.15) is 5.69 Å². The zero-order valence-electron chi connectivity index (χ0n) is 9.67. The highest BCUT2D eigenvalue weighted by Crippen LogP contribution is 2.19. The fourth-order valence-corrected chi connectivity index (χ4v) is 1.80. The lowest BCUT2D eigenvalue weighted by Gasteiger charge is -1.89. The van der Waals surface area contributed by atoms with Gasteiger partial charge in [-0.25, -0.2) is 0 Å². The summed E-state index contributed by atoms with van der Waals surface area (Å²) in [5, 5.41) is 8.83. The van der Waals surface area contributed by atoms with Crippen LogP contribution in [0.1, 0.15) is 17.4 Å². The van der Waals surface area contributed by atoms with Crippen LogP contribution in [0.5, 0.6) is 0 Å². The number of fused-ring (bicyclic) bond motifs is 1. The van der Waals surface area contributed by atoms with Crippen molar-refractivity contribution in [1.29, 1.82) is 0 Å². The van der Waals surface area contributed by atoms with Crippen LogP contribution >= 0.6 is 0 Å². The van der Waals surface area contributed by atoms with E-state index in [0.717, 1.165) is 16.7 Å². The summed E-state index contributed by atoms with van der Waals surface area (Å²) in [6.07, 6.45) is 1.08. The van der Waals surface area contributed by atoms with Crippen molar-refractivity contribution in [2.24, 2.45) is 5.73 Å². The highest BCUT2D eigenvalue weighted by atomic mass is 16.5. The van der Waals surface area contributed by atoms with Crippen molar-refractivity contribution in [3.63, 3.8) is 0 Å². The fraction of sp³-hybridized carbons (Fsp3) is 0.250. The Morgan fingerprint density at radius 1 is 1.11 bits per heavy atom. The number of rotatable bonds is 4. The minimum atomic E-state index is 0.467. The van der Waals surface area contributed by atoms with Crippen molar-refractivity contribution >= 4 is 11.0 Å². The average molecular weight is 244 g/mol. The highest BCUT2D eigenvalue weighted by molar-refractivity contribution is 5.79. The van der Waals surface area contributed by atoms with E-state index in [2.05, 4.69) is 15.3 Å². The predicted octanol–water partition coefficient (Wildman–Crippen LogP) is 1.30. The van der Waals surface area contributed by atoms with Crippen molar-refractivity contribution in [2.45, 2.75) is 12.8 Å². The third-order valence-electron chi connectivity index (χ3n) is 2.65. The Labute approximate surface area is 103 Å². The molecule has 0 amide bonds. The molecule has 1 aromatic carbocycles. The number of hydrogen-bond donors (Lipinski definition) is 1. The topological polar surface area (TPSA) is 91.0 Å². The maximum atomic E-state index is 5.43. The summed E-state index contributed by atoms with van der Waals surface area (Å²) in [5.41, 5.74) is 6.99. The Bertz CT molecular complexity index is 659. The number of para-hydroxylation sites is 1. The van der Waals surface area contributed by atoms with Gasteiger partial charge in [0.2, 0.25) is 5.89 Å². The van der Waals surface area contributed by atoms with E-state index < -0.39 is 0 Å². The van der Waals surface area contributed by atoms with Gasteiger partial charge in [-0.05, 0) is 18.7 Å². The predicted molar refractivity (Wildman–Crippen MR) is 63.9 cm³/mol. The minimum absolute atomic E-state index is 0.467. The molecule has 0 saturated carbocycles. The van der Waals surface area contributed by atoms with Crippen molar-refractivity contribution < 1.29 is 9.05 Å². The van der Waals surface area contributed by atoms with Crippen LogP contribution in [0.2, 0.25) is 0 Å². The number of aromatic nitrogens is 3. The van der Waals surface area contributed by atoms with E-state index in [-0.39, 0.29) is 0 Å². The molecule has 0 spiro atoms. The minimum Gasteiger partial charge on any atom is -0.356 e. The smallest absolute Gasteiger partial charge is 0.232 e. The second kappa shape index (κ2) is 4.58. The zero-order valence-corrected chi connectivity index (χ0v) is 9.67. The molecule has 18 heavy (non-hydrogen) atoms. The monoisotopic (exact) mass is 244 g/mol. The summed E-state index contributed by atoms with van der Waals surface area (Å²) in [6, 6.07) is 7.68. The fourth-order valence-electron chi connectivity index (χ4n) is 1.80. The molecule has 0 aliphatic rings. The van der Waals surface area contributed by atoms with Gasteiger partial charge in [-0.1, -0.05) is 22.4 Å². The van der Waals surface area contributed by atoms with E-state index in [0.29, 0.717) is 31.1 Å². The molecule has 3 aromatic rings. The molecule has 0 atom stereocenters. The highest BCUT2D eigenvalue weighted by Gasteiger charge is 2.12. The van der Waals surface area contributed by atoms with Crippen molar-refractivity contribution in [3.05, 3.63) is 41.7 Å². The molecule has 0 radical (unpaired) electrons. The molecule has 6 heteroatoms. The SMILES string of the molecule is NCCc1noc(Cc2noc3ccccc23)n1. The lowest BCUT2D eigenvalue weighted by atomic mass is 10.2. The lowest BCUT2D eigenvalue weighted by molar-refractivity contribution is 0.375. The molecule has 0 aliphatic carbocycles. The van der Waals surface area contributed by atoms with Gasteiger partial charge in [-0.3, -0.25) is 0 Å². The number of benzene rings is 1. The zero-order chi connectivity index (χ0) is 12.4. The second-order valence-corrected chi connectivity index (χ2v) is 3.95. The summed E-state index contributed by atoms with van der Waals surface area (Å²) < 4.78 is 10.4. The van der Waals surface area contributed by atoms with Gasteiger partial charge in [0.25, 0.3) is 0 Å². The second-order valence-electron chi connectivity index (χ2n) is 3.95. The first-order valence-corrected chi connectivity index (χ1v) is 5.71. The molecule has 0 saturated heterocycles. The van der Waals surface area contributed by atoms with Gasteiger partial charge < -0.3 is 14.8 Å². The van der Waals surface area contributed by atoms with Crippen LogP contribution in [-0.2, 0) is 12.8 Å². The van der Waals surface area contributed by atoms with Gasteiger partial charge in [0.05, 0.1) is 6.42 Å². The van der Waals surface area contributed by atoms with Crippen LogP contribution in [0.4, 0.5) is 0 Å². The summed E-state index contributed by atoms with van der Waals surface area (Å²) in [5.74, 6) is 1.15. The van der Waals surface area contributed by atoms with Crippen molar-refractivity contribution in [2.75, 3.05) is 6.54 Å². The number of hydrogen-bond acceptors (Lipinski definition) is 6. The first-order valence-electron chi connectivity index (χ1n) is 5.71. The van der Waals surface area contributed by atoms with Crippen molar-refractivity contribution in [1.82, 2.24) is 15.3 Å². The molecule has 6 nitrogen and oxygen atoms in total. The maximum Gasteiger partial charge on any atom is 0.232 e. The molecular formula is C12H12N4O2.